The lowest BCUT2D eigenvalue weighted by molar-refractivity contribution is -0.133. The van der Waals surface area contributed by atoms with Gasteiger partial charge in [-0.2, -0.15) is 5.10 Å². The van der Waals surface area contributed by atoms with Crippen molar-refractivity contribution >= 4 is 34.4 Å². The summed E-state index contributed by atoms with van der Waals surface area (Å²) in [4.78, 5) is 25.8. The van der Waals surface area contributed by atoms with Gasteiger partial charge in [0.15, 0.2) is 12.3 Å². The number of amides is 1. The molecule has 1 aliphatic heterocycles. The summed E-state index contributed by atoms with van der Waals surface area (Å²) in [5.41, 5.74) is 4.91. The van der Waals surface area contributed by atoms with Crippen LogP contribution in [-0.2, 0) is 4.79 Å². The zero-order valence-electron chi connectivity index (χ0n) is 20.0. The molecule has 4 aromatic rings. The van der Waals surface area contributed by atoms with Crippen molar-refractivity contribution in [2.24, 2.45) is 0 Å². The van der Waals surface area contributed by atoms with E-state index < -0.39 is 0 Å². The third kappa shape index (κ3) is 4.66. The van der Waals surface area contributed by atoms with Gasteiger partial charge in [-0.1, -0.05) is 23.7 Å². The molecule has 0 spiro atoms. The van der Waals surface area contributed by atoms with Crippen molar-refractivity contribution in [3.8, 4) is 11.4 Å². The number of ether oxygens (including phenoxy) is 1. The molecule has 35 heavy (non-hydrogen) atoms. The van der Waals surface area contributed by atoms with Crippen LogP contribution >= 0.6 is 11.6 Å². The summed E-state index contributed by atoms with van der Waals surface area (Å²) >= 11 is 6.16. The normalized spacial score (nSPS) is 13.9. The van der Waals surface area contributed by atoms with Crippen LogP contribution in [-0.4, -0.2) is 63.3 Å². The second kappa shape index (κ2) is 9.54. The van der Waals surface area contributed by atoms with Crippen LogP contribution in [0.2, 0.25) is 5.02 Å². The van der Waals surface area contributed by atoms with Gasteiger partial charge in [0.25, 0.3) is 5.91 Å². The van der Waals surface area contributed by atoms with Crippen LogP contribution < -0.4 is 9.64 Å². The van der Waals surface area contributed by atoms with Crippen LogP contribution in [0.3, 0.4) is 0 Å². The van der Waals surface area contributed by atoms with Crippen molar-refractivity contribution in [2.45, 2.75) is 20.8 Å². The predicted molar refractivity (Wildman–Crippen MR) is 137 cm³/mol. The first-order valence-electron chi connectivity index (χ1n) is 11.6. The Morgan fingerprint density at radius 2 is 1.86 bits per heavy atom. The lowest BCUT2D eigenvalue weighted by atomic mass is 10.1. The van der Waals surface area contributed by atoms with Crippen LogP contribution in [0.5, 0.6) is 5.75 Å². The van der Waals surface area contributed by atoms with Crippen molar-refractivity contribution in [3.05, 3.63) is 70.6 Å². The smallest absolute Gasteiger partial charge is 0.260 e. The zero-order valence-corrected chi connectivity index (χ0v) is 20.8. The maximum Gasteiger partial charge on any atom is 0.260 e. The fourth-order valence-electron chi connectivity index (χ4n) is 4.43. The topological polar surface area (TPSA) is 76.4 Å². The molecule has 1 fully saturated rings. The van der Waals surface area contributed by atoms with Gasteiger partial charge in [0, 0.05) is 31.2 Å². The zero-order chi connectivity index (χ0) is 24.5. The number of carbonyl (C=O) groups excluding carboxylic acids is 1. The molecule has 5 rings (SSSR count). The van der Waals surface area contributed by atoms with Gasteiger partial charge in [0.2, 0.25) is 0 Å². The Hall–Kier alpha value is -3.65. The number of fused-ring (bicyclic) bond motifs is 1. The summed E-state index contributed by atoms with van der Waals surface area (Å²) in [5, 5.41) is 6.02. The monoisotopic (exact) mass is 490 g/mol. The minimum Gasteiger partial charge on any atom is -0.483 e. The second-order valence-corrected chi connectivity index (χ2v) is 9.27. The number of anilines is 1. The molecule has 9 heteroatoms. The van der Waals surface area contributed by atoms with Gasteiger partial charge in [0.1, 0.15) is 17.9 Å². The second-order valence-electron chi connectivity index (χ2n) is 8.83. The Bertz CT molecular complexity index is 1390. The highest BCUT2D eigenvalue weighted by molar-refractivity contribution is 6.30. The molecule has 3 heterocycles. The van der Waals surface area contributed by atoms with Gasteiger partial charge in [-0.15, -0.1) is 0 Å². The summed E-state index contributed by atoms with van der Waals surface area (Å²) < 4.78 is 7.65. The first kappa shape index (κ1) is 23.1. The average molecular weight is 491 g/mol. The fraction of sp³-hybridized carbons (Fsp3) is 0.308. The molecule has 180 valence electrons. The number of aromatic nitrogens is 4. The van der Waals surface area contributed by atoms with E-state index in [0.717, 1.165) is 39.3 Å². The van der Waals surface area contributed by atoms with Crippen LogP contribution in [0.15, 0.2) is 48.9 Å². The number of hydrogen-bond donors (Lipinski definition) is 0. The maximum absolute atomic E-state index is 12.8. The van der Waals surface area contributed by atoms with Crippen molar-refractivity contribution in [1.82, 2.24) is 24.6 Å². The number of rotatable bonds is 5. The number of carbonyl (C=O) groups is 1. The Kier molecular flexibility index (Phi) is 6.30. The fourth-order valence-corrected chi connectivity index (χ4v) is 4.61. The van der Waals surface area contributed by atoms with E-state index in [1.54, 1.807) is 17.2 Å². The van der Waals surface area contributed by atoms with E-state index in [9.17, 15) is 4.79 Å². The molecular weight excluding hydrogens is 464 g/mol. The lowest BCUT2D eigenvalue weighted by Crippen LogP contribution is -2.50. The van der Waals surface area contributed by atoms with E-state index in [1.807, 2.05) is 49.1 Å². The van der Waals surface area contributed by atoms with Gasteiger partial charge >= 0.3 is 0 Å². The molecule has 0 unspecified atom stereocenters. The molecule has 0 N–H and O–H groups in total. The summed E-state index contributed by atoms with van der Waals surface area (Å²) in [6.45, 7) is 8.68. The molecule has 1 amide bonds. The van der Waals surface area contributed by atoms with Gasteiger partial charge in [0.05, 0.1) is 17.3 Å². The quantitative estimate of drug-likeness (QED) is 0.419. The average Bonchev–Trinajstić information content (AvgIpc) is 3.30. The van der Waals surface area contributed by atoms with Gasteiger partial charge in [-0.3, -0.25) is 4.79 Å². The minimum atomic E-state index is -0.00943. The molecule has 8 nitrogen and oxygen atoms in total. The lowest BCUT2D eigenvalue weighted by Gasteiger charge is -2.35. The van der Waals surface area contributed by atoms with E-state index in [2.05, 4.69) is 33.0 Å². The summed E-state index contributed by atoms with van der Waals surface area (Å²) in [6.07, 6.45) is 3.33. The molecular formula is C26H27ClN6O2. The predicted octanol–water partition coefficient (Wildman–Crippen LogP) is 4.12. The van der Waals surface area contributed by atoms with Gasteiger partial charge in [-0.25, -0.2) is 14.6 Å². The van der Waals surface area contributed by atoms with Crippen molar-refractivity contribution < 1.29 is 9.53 Å². The maximum atomic E-state index is 12.8. The molecule has 0 bridgehead atoms. The van der Waals surface area contributed by atoms with E-state index in [4.69, 9.17) is 16.3 Å². The summed E-state index contributed by atoms with van der Waals surface area (Å²) in [5.74, 6) is 1.58. The molecule has 0 atom stereocenters. The van der Waals surface area contributed by atoms with Crippen LogP contribution in [0.1, 0.15) is 16.7 Å². The Balaban J connectivity index is 1.26. The first-order valence-corrected chi connectivity index (χ1v) is 12.0. The van der Waals surface area contributed by atoms with Gasteiger partial charge in [-0.05, 0) is 61.7 Å². The van der Waals surface area contributed by atoms with Crippen LogP contribution in [0, 0.1) is 20.8 Å². The van der Waals surface area contributed by atoms with Crippen LogP contribution in [0.25, 0.3) is 16.7 Å². The Morgan fingerprint density at radius 1 is 1.06 bits per heavy atom. The molecule has 0 radical (unpaired) electrons. The molecule has 1 saturated heterocycles. The number of piperazine rings is 1. The minimum absolute atomic E-state index is 0.00943. The van der Waals surface area contributed by atoms with Crippen molar-refractivity contribution in [3.63, 3.8) is 0 Å². The first-order chi connectivity index (χ1) is 16.9. The number of benzene rings is 2. The summed E-state index contributed by atoms with van der Waals surface area (Å²) in [6, 6.07) is 11.6. The molecule has 0 saturated carbocycles. The molecule has 1 aliphatic rings. The molecule has 2 aromatic heterocycles. The highest BCUT2D eigenvalue weighted by Crippen LogP contribution is 2.27. The van der Waals surface area contributed by atoms with Gasteiger partial charge < -0.3 is 14.5 Å². The van der Waals surface area contributed by atoms with E-state index in [0.29, 0.717) is 36.8 Å². The third-order valence-electron chi connectivity index (χ3n) is 6.44. The number of nitrogens with zero attached hydrogens (tertiary/aromatic N) is 6. The van der Waals surface area contributed by atoms with Crippen LogP contribution in [0.4, 0.5) is 5.82 Å². The SMILES string of the molecule is Cc1cc(C)c(C)c(OCC(=O)N2CCN(c3ncnc4c3cnn4-c3cccc(Cl)c3)CC2)c1. The summed E-state index contributed by atoms with van der Waals surface area (Å²) in [7, 11) is 0. The standard InChI is InChI=1S/C26H27ClN6O2/c1-17-11-18(2)19(3)23(12-17)35-15-24(34)31-7-9-32(10-8-31)25-22-14-30-33(26(22)29-16-28-25)21-6-4-5-20(27)13-21/h4-6,11-14,16H,7-10,15H2,1-3H3. The van der Waals surface area contributed by atoms with E-state index in [1.165, 1.54) is 0 Å². The number of aryl methyl sites for hydroxylation is 2. The van der Waals surface area contributed by atoms with Crippen molar-refractivity contribution in [1.29, 1.82) is 0 Å². The molecule has 0 aliphatic carbocycles. The Morgan fingerprint density at radius 3 is 2.63 bits per heavy atom. The largest absolute Gasteiger partial charge is 0.483 e. The highest BCUT2D eigenvalue weighted by atomic mass is 35.5. The highest BCUT2D eigenvalue weighted by Gasteiger charge is 2.24. The Labute approximate surface area is 209 Å². The van der Waals surface area contributed by atoms with E-state index in [-0.39, 0.29) is 12.5 Å². The third-order valence-corrected chi connectivity index (χ3v) is 6.68. The molecule has 2 aromatic carbocycles. The number of hydrogen-bond acceptors (Lipinski definition) is 6. The van der Waals surface area contributed by atoms with E-state index >= 15 is 0 Å². The number of halogens is 1. The van der Waals surface area contributed by atoms with Crippen molar-refractivity contribution in [2.75, 3.05) is 37.7 Å².